The van der Waals surface area contributed by atoms with E-state index in [9.17, 15) is 0 Å². The fraction of sp³-hybridized carbons (Fsp3) is 0.176. The minimum Gasteiger partial charge on any atom is -0.306 e. The van der Waals surface area contributed by atoms with Gasteiger partial charge >= 0.3 is 0 Å². The Morgan fingerprint density at radius 1 is 1.05 bits per heavy atom. The zero-order valence-electron chi connectivity index (χ0n) is 11.6. The first-order valence-electron chi connectivity index (χ1n) is 6.84. The summed E-state index contributed by atoms with van der Waals surface area (Å²) in [7, 11) is 0. The molecule has 1 unspecified atom stereocenters. The third kappa shape index (κ3) is 3.24. The first-order valence-corrected chi connectivity index (χ1v) is 9.31. The van der Waals surface area contributed by atoms with Gasteiger partial charge in [-0.1, -0.05) is 41.1 Å². The molecule has 1 atom stereocenters. The molecule has 1 aromatic heterocycles. The molecule has 0 aliphatic rings. The van der Waals surface area contributed by atoms with Crippen molar-refractivity contribution < 1.29 is 0 Å². The van der Waals surface area contributed by atoms with Crippen molar-refractivity contribution in [2.75, 3.05) is 6.54 Å². The highest BCUT2D eigenvalue weighted by atomic mass is 79.9. The Morgan fingerprint density at radius 3 is 2.52 bits per heavy atom. The van der Waals surface area contributed by atoms with Gasteiger partial charge in [0.05, 0.1) is 6.04 Å². The molecular weight excluding hydrogens is 410 g/mol. The van der Waals surface area contributed by atoms with Crippen molar-refractivity contribution in [1.29, 1.82) is 0 Å². The maximum absolute atomic E-state index is 3.66. The molecule has 2 aromatic carbocycles. The van der Waals surface area contributed by atoms with Gasteiger partial charge in [-0.15, -0.1) is 11.3 Å². The van der Waals surface area contributed by atoms with Crippen molar-refractivity contribution >= 4 is 54.0 Å². The van der Waals surface area contributed by atoms with E-state index in [2.05, 4.69) is 91.9 Å². The van der Waals surface area contributed by atoms with Crippen LogP contribution in [0.25, 0.3) is 10.8 Å². The van der Waals surface area contributed by atoms with Crippen LogP contribution in [-0.4, -0.2) is 6.54 Å². The van der Waals surface area contributed by atoms with Crippen LogP contribution in [0, 0.1) is 0 Å². The van der Waals surface area contributed by atoms with Crippen molar-refractivity contribution in [3.63, 3.8) is 0 Å². The summed E-state index contributed by atoms with van der Waals surface area (Å²) in [6.07, 6.45) is 0. The van der Waals surface area contributed by atoms with Crippen molar-refractivity contribution in [2.45, 2.75) is 13.0 Å². The number of halogens is 2. The second kappa shape index (κ2) is 6.61. The number of nitrogens with one attached hydrogen (secondary N) is 1. The SMILES string of the molecule is CCNC(c1ccc2cc(Br)ccc2c1)c1sccc1Br. The summed E-state index contributed by atoms with van der Waals surface area (Å²) in [5.74, 6) is 0. The van der Waals surface area contributed by atoms with E-state index in [1.54, 1.807) is 11.3 Å². The standard InChI is InChI=1S/C17H15Br2NS/c1-2-20-16(17-15(19)7-8-21-17)13-4-3-12-10-14(18)6-5-11(12)9-13/h3-10,16,20H,2H2,1H3. The summed E-state index contributed by atoms with van der Waals surface area (Å²) in [6, 6.07) is 15.4. The Bertz CT molecular complexity index is 766. The molecule has 108 valence electrons. The molecule has 0 bridgehead atoms. The van der Waals surface area contributed by atoms with Gasteiger partial charge in [0.2, 0.25) is 0 Å². The zero-order chi connectivity index (χ0) is 14.8. The van der Waals surface area contributed by atoms with Crippen molar-refractivity contribution in [3.05, 3.63) is 67.2 Å². The monoisotopic (exact) mass is 423 g/mol. The number of fused-ring (bicyclic) bond motifs is 1. The number of rotatable bonds is 4. The minimum absolute atomic E-state index is 0.234. The molecule has 0 spiro atoms. The third-order valence-electron chi connectivity index (χ3n) is 3.47. The molecule has 3 rings (SSSR count). The van der Waals surface area contributed by atoms with Crippen molar-refractivity contribution in [3.8, 4) is 0 Å². The van der Waals surface area contributed by atoms with Gasteiger partial charge in [0.15, 0.2) is 0 Å². The molecule has 1 heterocycles. The maximum atomic E-state index is 3.66. The van der Waals surface area contributed by atoms with Gasteiger partial charge in [0.25, 0.3) is 0 Å². The van der Waals surface area contributed by atoms with Crippen molar-refractivity contribution in [1.82, 2.24) is 5.32 Å². The second-order valence-corrected chi connectivity index (χ2v) is 7.59. The van der Waals surface area contributed by atoms with Crippen LogP contribution in [0.4, 0.5) is 0 Å². The van der Waals surface area contributed by atoms with Crippen LogP contribution in [0.3, 0.4) is 0 Å². The van der Waals surface area contributed by atoms with Gasteiger partial charge in [0.1, 0.15) is 0 Å². The lowest BCUT2D eigenvalue weighted by atomic mass is 10.0. The topological polar surface area (TPSA) is 12.0 Å². The maximum Gasteiger partial charge on any atom is 0.0682 e. The molecule has 0 saturated carbocycles. The van der Waals surface area contributed by atoms with Gasteiger partial charge in [-0.25, -0.2) is 0 Å². The van der Waals surface area contributed by atoms with Gasteiger partial charge in [-0.05, 0) is 68.5 Å². The molecule has 0 saturated heterocycles. The Labute approximate surface area is 145 Å². The summed E-state index contributed by atoms with van der Waals surface area (Å²) in [5.41, 5.74) is 1.30. The fourth-order valence-electron chi connectivity index (χ4n) is 2.49. The van der Waals surface area contributed by atoms with Crippen LogP contribution in [0.1, 0.15) is 23.4 Å². The van der Waals surface area contributed by atoms with Crippen LogP contribution in [0.5, 0.6) is 0 Å². The lowest BCUT2D eigenvalue weighted by Gasteiger charge is -2.18. The van der Waals surface area contributed by atoms with E-state index in [-0.39, 0.29) is 6.04 Å². The number of thiophene rings is 1. The second-order valence-electron chi connectivity index (χ2n) is 4.87. The Morgan fingerprint density at radius 2 is 1.81 bits per heavy atom. The zero-order valence-corrected chi connectivity index (χ0v) is 15.6. The summed E-state index contributed by atoms with van der Waals surface area (Å²) < 4.78 is 2.29. The predicted molar refractivity (Wildman–Crippen MR) is 99.2 cm³/mol. The molecule has 0 amide bonds. The lowest BCUT2D eigenvalue weighted by molar-refractivity contribution is 0.638. The van der Waals surface area contributed by atoms with E-state index >= 15 is 0 Å². The van der Waals surface area contributed by atoms with Crippen LogP contribution < -0.4 is 5.32 Å². The number of benzene rings is 2. The van der Waals surface area contributed by atoms with Crippen LogP contribution in [0.2, 0.25) is 0 Å². The third-order valence-corrected chi connectivity index (χ3v) is 5.90. The fourth-order valence-corrected chi connectivity index (χ4v) is 4.57. The molecule has 0 radical (unpaired) electrons. The van der Waals surface area contributed by atoms with E-state index in [0.29, 0.717) is 0 Å². The van der Waals surface area contributed by atoms with E-state index in [1.807, 2.05) is 0 Å². The average molecular weight is 425 g/mol. The highest BCUT2D eigenvalue weighted by molar-refractivity contribution is 9.10. The lowest BCUT2D eigenvalue weighted by Crippen LogP contribution is -2.21. The van der Waals surface area contributed by atoms with E-state index < -0.39 is 0 Å². The van der Waals surface area contributed by atoms with E-state index in [1.165, 1.54) is 25.7 Å². The smallest absolute Gasteiger partial charge is 0.0682 e. The molecule has 1 N–H and O–H groups in total. The Kier molecular flexibility index (Phi) is 4.79. The molecule has 0 aliphatic heterocycles. The first kappa shape index (κ1) is 15.2. The summed E-state index contributed by atoms with van der Waals surface area (Å²) in [4.78, 5) is 1.33. The quantitative estimate of drug-likeness (QED) is 0.531. The highest BCUT2D eigenvalue weighted by Crippen LogP contribution is 2.34. The molecule has 3 aromatic rings. The number of hydrogen-bond acceptors (Lipinski definition) is 2. The van der Waals surface area contributed by atoms with Gasteiger partial charge in [0, 0.05) is 13.8 Å². The molecular formula is C17H15Br2NS. The average Bonchev–Trinajstić information content (AvgIpc) is 2.90. The molecule has 21 heavy (non-hydrogen) atoms. The minimum atomic E-state index is 0.234. The molecule has 0 aliphatic carbocycles. The normalized spacial score (nSPS) is 12.7. The predicted octanol–water partition coefficient (Wildman–Crippen LogP) is 6.13. The van der Waals surface area contributed by atoms with Crippen LogP contribution in [-0.2, 0) is 0 Å². The summed E-state index contributed by atoms with van der Waals surface area (Å²) in [5, 5.41) is 8.24. The van der Waals surface area contributed by atoms with Gasteiger partial charge in [-0.2, -0.15) is 0 Å². The molecule has 1 nitrogen and oxygen atoms in total. The van der Waals surface area contributed by atoms with E-state index in [4.69, 9.17) is 0 Å². The van der Waals surface area contributed by atoms with E-state index in [0.717, 1.165) is 11.0 Å². The van der Waals surface area contributed by atoms with Crippen molar-refractivity contribution in [2.24, 2.45) is 0 Å². The molecule has 4 heteroatoms. The summed E-state index contributed by atoms with van der Waals surface area (Å²) >= 11 is 8.97. The Balaban J connectivity index is 2.07. The largest absolute Gasteiger partial charge is 0.306 e. The molecule has 0 fully saturated rings. The number of hydrogen-bond donors (Lipinski definition) is 1. The first-order chi connectivity index (χ1) is 10.2. The van der Waals surface area contributed by atoms with Gasteiger partial charge < -0.3 is 5.32 Å². The highest BCUT2D eigenvalue weighted by Gasteiger charge is 2.17. The Hall–Kier alpha value is -0.680. The van der Waals surface area contributed by atoms with Gasteiger partial charge in [-0.3, -0.25) is 0 Å². The summed E-state index contributed by atoms with van der Waals surface area (Å²) in [6.45, 7) is 3.08. The van der Waals surface area contributed by atoms with Crippen LogP contribution in [0.15, 0.2) is 56.8 Å². The van der Waals surface area contributed by atoms with Crippen LogP contribution >= 0.6 is 43.2 Å².